The average molecular weight is 214 g/mol. The molecule has 0 spiro atoms. The van der Waals surface area contributed by atoms with E-state index in [2.05, 4.69) is 44.2 Å². The first-order valence-electron chi connectivity index (χ1n) is 5.45. The fourth-order valence-electron chi connectivity index (χ4n) is 2.39. The molecule has 1 aliphatic carbocycles. The summed E-state index contributed by atoms with van der Waals surface area (Å²) in [4.78, 5) is 1.47. The number of allylic oxidation sites excluding steroid dienone is 1. The van der Waals surface area contributed by atoms with Crippen LogP contribution < -0.4 is 0 Å². The Morgan fingerprint density at radius 1 is 1.33 bits per heavy atom. The molecular weight excluding hydrogens is 200 g/mol. The van der Waals surface area contributed by atoms with Crippen LogP contribution in [-0.4, -0.2) is 0 Å². The van der Waals surface area contributed by atoms with Gasteiger partial charge >= 0.3 is 0 Å². The van der Waals surface area contributed by atoms with Crippen molar-refractivity contribution in [1.29, 1.82) is 0 Å². The molecule has 0 fully saturated rings. The first-order valence-corrected chi connectivity index (χ1v) is 6.26. The maximum atomic E-state index is 2.33. The van der Waals surface area contributed by atoms with Gasteiger partial charge in [-0.05, 0) is 47.9 Å². The molecule has 0 saturated heterocycles. The number of hydrogen-bond donors (Lipinski definition) is 0. The van der Waals surface area contributed by atoms with Crippen LogP contribution in [0.1, 0.15) is 22.9 Å². The number of benzene rings is 1. The monoisotopic (exact) mass is 214 g/mol. The van der Waals surface area contributed by atoms with Crippen molar-refractivity contribution in [3.63, 3.8) is 0 Å². The number of hydrogen-bond acceptors (Lipinski definition) is 1. The summed E-state index contributed by atoms with van der Waals surface area (Å²) in [6.45, 7) is 4.51. The van der Waals surface area contributed by atoms with Crippen LogP contribution in [0.2, 0.25) is 0 Å². The van der Waals surface area contributed by atoms with Crippen molar-refractivity contribution >= 4 is 27.5 Å². The lowest BCUT2D eigenvalue weighted by Crippen LogP contribution is -2.00. The van der Waals surface area contributed by atoms with Crippen molar-refractivity contribution in [2.45, 2.75) is 20.3 Å². The first-order chi connectivity index (χ1) is 7.25. The highest BCUT2D eigenvalue weighted by molar-refractivity contribution is 7.20. The summed E-state index contributed by atoms with van der Waals surface area (Å²) in [7, 11) is 0. The molecule has 1 aliphatic rings. The minimum Gasteiger partial charge on any atom is -0.136 e. The maximum Gasteiger partial charge on any atom is 0.0354 e. The summed E-state index contributed by atoms with van der Waals surface area (Å²) in [5, 5.41) is 1.51. The van der Waals surface area contributed by atoms with E-state index < -0.39 is 0 Å². The molecule has 0 amide bonds. The summed E-state index contributed by atoms with van der Waals surface area (Å²) in [6.07, 6.45) is 5.83. The van der Waals surface area contributed by atoms with Gasteiger partial charge in [-0.25, -0.2) is 0 Å². The molecule has 0 aliphatic heterocycles. The SMILES string of the molecule is Cc1cccc2sc3c(c12)CC(C)C=C3. The van der Waals surface area contributed by atoms with Crippen LogP contribution in [-0.2, 0) is 6.42 Å². The Bertz CT molecular complexity index is 546. The van der Waals surface area contributed by atoms with Gasteiger partial charge in [0.15, 0.2) is 0 Å². The predicted octanol–water partition coefficient (Wildman–Crippen LogP) is 4.42. The van der Waals surface area contributed by atoms with E-state index in [-0.39, 0.29) is 0 Å². The highest BCUT2D eigenvalue weighted by Gasteiger charge is 2.16. The lowest BCUT2D eigenvalue weighted by Gasteiger charge is -2.12. The van der Waals surface area contributed by atoms with Crippen LogP contribution in [0.5, 0.6) is 0 Å². The maximum absolute atomic E-state index is 2.33. The van der Waals surface area contributed by atoms with E-state index in [0.717, 1.165) is 0 Å². The molecule has 2 aromatic rings. The summed E-state index contributed by atoms with van der Waals surface area (Å²) in [5.41, 5.74) is 3.00. The van der Waals surface area contributed by atoms with Crippen LogP contribution >= 0.6 is 11.3 Å². The van der Waals surface area contributed by atoms with Crippen LogP contribution in [0.3, 0.4) is 0 Å². The van der Waals surface area contributed by atoms with Crippen molar-refractivity contribution in [3.8, 4) is 0 Å². The van der Waals surface area contributed by atoms with Gasteiger partial charge in [0.2, 0.25) is 0 Å². The van der Waals surface area contributed by atoms with Gasteiger partial charge in [-0.1, -0.05) is 25.1 Å². The van der Waals surface area contributed by atoms with Crippen molar-refractivity contribution in [3.05, 3.63) is 40.3 Å². The third-order valence-electron chi connectivity index (χ3n) is 3.16. The third-order valence-corrected chi connectivity index (χ3v) is 4.32. The van der Waals surface area contributed by atoms with Gasteiger partial charge < -0.3 is 0 Å². The Hall–Kier alpha value is -1.08. The van der Waals surface area contributed by atoms with Gasteiger partial charge in [-0.3, -0.25) is 0 Å². The molecule has 0 radical (unpaired) electrons. The van der Waals surface area contributed by atoms with Crippen LogP contribution in [0.15, 0.2) is 24.3 Å². The van der Waals surface area contributed by atoms with Crippen molar-refractivity contribution < 1.29 is 0 Å². The van der Waals surface area contributed by atoms with Crippen molar-refractivity contribution in [1.82, 2.24) is 0 Å². The van der Waals surface area contributed by atoms with Crippen molar-refractivity contribution in [2.24, 2.45) is 5.92 Å². The molecule has 1 aromatic carbocycles. The molecule has 1 unspecified atom stereocenters. The number of thiophene rings is 1. The third kappa shape index (κ3) is 1.34. The van der Waals surface area contributed by atoms with Gasteiger partial charge in [0.05, 0.1) is 0 Å². The van der Waals surface area contributed by atoms with E-state index in [9.17, 15) is 0 Å². The van der Waals surface area contributed by atoms with Gasteiger partial charge in [0, 0.05) is 9.58 Å². The van der Waals surface area contributed by atoms with Crippen LogP contribution in [0, 0.1) is 12.8 Å². The van der Waals surface area contributed by atoms with E-state index in [4.69, 9.17) is 0 Å². The zero-order chi connectivity index (χ0) is 10.4. The van der Waals surface area contributed by atoms with Crippen LogP contribution in [0.25, 0.3) is 16.2 Å². The standard InChI is InChI=1S/C14H14S/c1-9-6-7-12-11(8-9)14-10(2)4-3-5-13(14)15-12/h3-7,9H,8H2,1-2H3. The minimum absolute atomic E-state index is 0.690. The molecule has 15 heavy (non-hydrogen) atoms. The van der Waals surface area contributed by atoms with Gasteiger partial charge in [0.25, 0.3) is 0 Å². The lowest BCUT2D eigenvalue weighted by molar-refractivity contribution is 0.724. The van der Waals surface area contributed by atoms with E-state index in [0.29, 0.717) is 5.92 Å². The molecule has 0 saturated carbocycles. The Kier molecular flexibility index (Phi) is 1.96. The van der Waals surface area contributed by atoms with Gasteiger partial charge in [-0.15, -0.1) is 11.3 Å². The topological polar surface area (TPSA) is 0 Å². The zero-order valence-electron chi connectivity index (χ0n) is 9.08. The second kappa shape index (κ2) is 3.21. The summed E-state index contributed by atoms with van der Waals surface area (Å²) in [6, 6.07) is 6.62. The Labute approximate surface area is 94.2 Å². The molecule has 1 atom stereocenters. The molecule has 1 heterocycles. The van der Waals surface area contributed by atoms with Crippen LogP contribution in [0.4, 0.5) is 0 Å². The number of rotatable bonds is 0. The molecule has 0 nitrogen and oxygen atoms in total. The fourth-order valence-corrected chi connectivity index (χ4v) is 3.62. The Balaban J connectivity index is 2.37. The normalized spacial score (nSPS) is 19.5. The van der Waals surface area contributed by atoms with E-state index in [1.54, 1.807) is 5.56 Å². The Morgan fingerprint density at radius 2 is 2.20 bits per heavy atom. The van der Waals surface area contributed by atoms with E-state index in [1.807, 2.05) is 11.3 Å². The summed E-state index contributed by atoms with van der Waals surface area (Å²) < 4.78 is 1.44. The highest BCUT2D eigenvalue weighted by atomic mass is 32.1. The van der Waals surface area contributed by atoms with Crippen molar-refractivity contribution in [2.75, 3.05) is 0 Å². The predicted molar refractivity (Wildman–Crippen MR) is 68.5 cm³/mol. The second-order valence-electron chi connectivity index (χ2n) is 4.43. The summed E-state index contributed by atoms with van der Waals surface area (Å²) in [5.74, 6) is 0.690. The minimum atomic E-state index is 0.690. The van der Waals surface area contributed by atoms with E-state index >= 15 is 0 Å². The Morgan fingerprint density at radius 3 is 3.07 bits per heavy atom. The largest absolute Gasteiger partial charge is 0.136 e. The average Bonchev–Trinajstić information content (AvgIpc) is 2.57. The quantitative estimate of drug-likeness (QED) is 0.609. The zero-order valence-corrected chi connectivity index (χ0v) is 9.90. The van der Waals surface area contributed by atoms with E-state index in [1.165, 1.54) is 26.9 Å². The molecule has 76 valence electrons. The molecule has 1 heteroatoms. The number of aryl methyl sites for hydroxylation is 1. The molecular formula is C14H14S. The molecule has 3 rings (SSSR count). The molecule has 0 bridgehead atoms. The molecule has 0 N–H and O–H groups in total. The second-order valence-corrected chi connectivity index (χ2v) is 5.52. The van der Waals surface area contributed by atoms with Gasteiger partial charge in [0.1, 0.15) is 0 Å². The highest BCUT2D eigenvalue weighted by Crippen LogP contribution is 2.38. The number of fused-ring (bicyclic) bond motifs is 3. The summed E-state index contributed by atoms with van der Waals surface area (Å²) >= 11 is 1.93. The smallest absolute Gasteiger partial charge is 0.0354 e. The lowest BCUT2D eigenvalue weighted by atomic mass is 9.92. The fraction of sp³-hybridized carbons (Fsp3) is 0.286. The first kappa shape index (κ1) is 9.17. The molecule has 1 aromatic heterocycles. The van der Waals surface area contributed by atoms with Gasteiger partial charge in [-0.2, -0.15) is 0 Å².